The van der Waals surface area contributed by atoms with Gasteiger partial charge in [0.15, 0.2) is 0 Å². The lowest BCUT2D eigenvalue weighted by Crippen LogP contribution is -2.29. The molecule has 13 aliphatic rings. The van der Waals surface area contributed by atoms with E-state index in [-0.39, 0.29) is 0 Å². The van der Waals surface area contributed by atoms with Crippen LogP contribution in [0, 0.1) is 112 Å². The average Bonchev–Trinajstić information content (AvgIpc) is 1.68. The van der Waals surface area contributed by atoms with E-state index in [2.05, 4.69) is 204 Å². The number of hydrogen-bond acceptors (Lipinski definition) is 10. The molecule has 0 aromatic rings. The van der Waals surface area contributed by atoms with E-state index in [1.807, 2.05) is 180 Å². The van der Waals surface area contributed by atoms with Crippen LogP contribution < -0.4 is 0 Å². The molecule has 13 rings (SSSR count). The number of hydrogen-bond donors (Lipinski definition) is 0. The van der Waals surface area contributed by atoms with Crippen molar-refractivity contribution >= 4 is 0 Å². The maximum atomic E-state index is 5.39. The van der Waals surface area contributed by atoms with Crippen LogP contribution in [-0.4, -0.2) is 116 Å². The van der Waals surface area contributed by atoms with E-state index in [1.165, 1.54) is 148 Å². The molecule has 26 unspecified atom stereocenters. The molecule has 0 bridgehead atoms. The second-order valence-electron chi connectivity index (χ2n) is 35.1. The third-order valence-electron chi connectivity index (χ3n) is 26.1. The van der Waals surface area contributed by atoms with E-state index < -0.39 is 0 Å². The summed E-state index contributed by atoms with van der Waals surface area (Å²) >= 11 is 0. The van der Waals surface area contributed by atoms with Gasteiger partial charge in [0, 0.05) is 58.1 Å². The molecular formula is C116H254O10. The number of ether oxygens (including phenoxy) is 10. The van der Waals surface area contributed by atoms with Crippen molar-refractivity contribution in [1.82, 2.24) is 0 Å². The first-order valence-corrected chi connectivity index (χ1v) is 55.8. The van der Waals surface area contributed by atoms with E-state index in [1.54, 1.807) is 0 Å². The Morgan fingerprint density at radius 2 is 0.310 bits per heavy atom. The fourth-order valence-corrected chi connectivity index (χ4v) is 13.6. The molecule has 8 aliphatic heterocycles. The highest BCUT2D eigenvalue weighted by Gasteiger charge is 2.24. The van der Waals surface area contributed by atoms with E-state index in [9.17, 15) is 0 Å². The Bertz CT molecular complexity index is 1480. The lowest BCUT2D eigenvalue weighted by molar-refractivity contribution is -0.159. The van der Waals surface area contributed by atoms with Crippen LogP contribution in [0.25, 0.3) is 0 Å². The highest BCUT2D eigenvalue weighted by Crippen LogP contribution is 2.32. The Kier molecular flexibility index (Phi) is 146. The molecule has 10 heteroatoms. The zero-order valence-corrected chi connectivity index (χ0v) is 97.4. The summed E-state index contributed by atoms with van der Waals surface area (Å²) in [5, 5.41) is 0. The Hall–Kier alpha value is -0.920. The quantitative estimate of drug-likeness (QED) is 0.218. The second-order valence-corrected chi connectivity index (χ2v) is 35.1. The van der Waals surface area contributed by atoms with Crippen LogP contribution in [0.5, 0.6) is 0 Å². The zero-order chi connectivity index (χ0) is 101. The largest absolute Gasteiger partial charge is 0.381 e. The summed E-state index contributed by atoms with van der Waals surface area (Å²) in [6.45, 7) is 120. The van der Waals surface area contributed by atoms with Gasteiger partial charge in [-0.25, -0.2) is 0 Å². The number of allylic oxidation sites excluding steroid dienone is 4. The summed E-state index contributed by atoms with van der Waals surface area (Å²) in [5.41, 5.74) is 0. The molecule has 0 aromatic carbocycles. The summed E-state index contributed by atoms with van der Waals surface area (Å²) in [7, 11) is 0. The Labute approximate surface area is 803 Å². The molecule has 8 saturated heterocycles. The van der Waals surface area contributed by atoms with E-state index in [0.29, 0.717) is 68.1 Å². The zero-order valence-electron chi connectivity index (χ0n) is 97.4. The maximum Gasteiger partial charge on any atom is 0.147 e. The van der Waals surface area contributed by atoms with E-state index in [0.717, 1.165) is 160 Å². The molecule has 126 heavy (non-hydrogen) atoms. The van der Waals surface area contributed by atoms with Crippen LogP contribution in [0.1, 0.15) is 508 Å². The van der Waals surface area contributed by atoms with Crippen molar-refractivity contribution in [3.63, 3.8) is 0 Å². The summed E-state index contributed by atoms with van der Waals surface area (Å²) in [6.07, 6.45) is 44.2. The molecule has 0 N–H and O–H groups in total. The third-order valence-corrected chi connectivity index (χ3v) is 26.1. The summed E-state index contributed by atoms with van der Waals surface area (Å²) in [5.74, 6) is 16.3. The standard InChI is InChI=1S/2C8H16.2C8H14.3C7H14O.C7H14.2C6H12O2.3C6H12O.13C2H6/c4*1-7-5-3-4-6-8(7)2;3*1-6-4-3-5-8-7(6)2;1-6-4-3-5-7(6)2;2*1-5-3-7-4-8-6(5)2;1-5-3-7-4-6(5)2;2*1-5-3-4-7-6(5)2;13*1-2/h2*7-8H,3-6H2,1-2H3;2*3-4,7-8H,5-6H2,1-2H3;3*6-7H,3-5H2,1-2H3;6-7H,3-5H2,1-2H3;2*5-6H,3-4H2,1-2H3;3*5-6H,3-4H2,1-2H3;13*1-2H3. The molecule has 0 spiro atoms. The molecule has 3 saturated carbocycles. The van der Waals surface area contributed by atoms with Crippen molar-refractivity contribution in [2.24, 2.45) is 112 Å². The van der Waals surface area contributed by atoms with Gasteiger partial charge in [-0.05, 0) is 226 Å². The molecule has 0 aromatic heterocycles. The predicted molar refractivity (Wildman–Crippen MR) is 577 cm³/mol. The van der Waals surface area contributed by atoms with Gasteiger partial charge >= 0.3 is 0 Å². The third kappa shape index (κ3) is 96.2. The van der Waals surface area contributed by atoms with Gasteiger partial charge in [0.1, 0.15) is 13.6 Å². The van der Waals surface area contributed by atoms with Crippen LogP contribution in [0.4, 0.5) is 0 Å². The Morgan fingerprint density at radius 3 is 0.413 bits per heavy atom. The fourth-order valence-electron chi connectivity index (χ4n) is 13.6. The molecule has 5 aliphatic carbocycles. The first-order valence-electron chi connectivity index (χ1n) is 55.8. The Morgan fingerprint density at radius 1 is 0.143 bits per heavy atom. The first-order chi connectivity index (χ1) is 60.5. The average molecular weight is 1810 g/mol. The van der Waals surface area contributed by atoms with E-state index in [4.69, 9.17) is 47.4 Å². The summed E-state index contributed by atoms with van der Waals surface area (Å²) in [4.78, 5) is 0. The van der Waals surface area contributed by atoms with E-state index >= 15 is 0 Å². The lowest BCUT2D eigenvalue weighted by Gasteiger charge is -2.25. The molecule has 26 atom stereocenters. The topological polar surface area (TPSA) is 92.3 Å². The molecular weight excluding hydrogens is 1550 g/mol. The van der Waals surface area contributed by atoms with Gasteiger partial charge in [0.25, 0.3) is 0 Å². The maximum absolute atomic E-state index is 5.39. The summed E-state index contributed by atoms with van der Waals surface area (Å²) < 4.78 is 52.3. The predicted octanol–water partition coefficient (Wildman–Crippen LogP) is 38.3. The van der Waals surface area contributed by atoms with Crippen molar-refractivity contribution < 1.29 is 47.4 Å². The SMILES string of the molecule is CC.CC.CC.CC.CC.CC.CC.CC.CC.CC.CC.CC.CC.CC1CC=CCC1C.CC1CC=CCC1C.CC1CCCC1C.CC1CCCCC1C.CC1CCCCC1C.CC1CCCOC1C.CC1CCCOC1C.CC1CCCOC1C.CC1CCOC1C.CC1CCOC1C.CC1COCC1C.CC1COCOC1C.CC1COCOC1C. The smallest absolute Gasteiger partial charge is 0.147 e. The minimum Gasteiger partial charge on any atom is -0.381 e. The molecule has 778 valence electrons. The fraction of sp³-hybridized carbons (Fsp3) is 0.966. The second kappa shape index (κ2) is 120. The summed E-state index contributed by atoms with van der Waals surface area (Å²) in [6, 6.07) is 0. The monoisotopic (exact) mass is 1810 g/mol. The highest BCUT2D eigenvalue weighted by atomic mass is 16.7. The van der Waals surface area contributed by atoms with Gasteiger partial charge in [-0.2, -0.15) is 0 Å². The Balaban J connectivity index is -0.0000000976. The van der Waals surface area contributed by atoms with Crippen LogP contribution in [0.2, 0.25) is 0 Å². The molecule has 8 heterocycles. The van der Waals surface area contributed by atoms with Gasteiger partial charge in [-0.1, -0.05) is 407 Å². The van der Waals surface area contributed by atoms with Gasteiger partial charge in [-0.3, -0.25) is 0 Å². The van der Waals surface area contributed by atoms with Crippen molar-refractivity contribution in [1.29, 1.82) is 0 Å². The van der Waals surface area contributed by atoms with Crippen molar-refractivity contribution in [3.8, 4) is 0 Å². The van der Waals surface area contributed by atoms with Crippen molar-refractivity contribution in [2.45, 2.75) is 550 Å². The normalized spacial score (nSPS) is 32.4. The van der Waals surface area contributed by atoms with Crippen molar-refractivity contribution in [3.05, 3.63) is 24.3 Å². The molecule has 11 fully saturated rings. The minimum atomic E-state index is 0.378. The van der Waals surface area contributed by atoms with Crippen LogP contribution in [0.3, 0.4) is 0 Å². The minimum absolute atomic E-state index is 0.378. The van der Waals surface area contributed by atoms with Crippen LogP contribution in [0.15, 0.2) is 24.3 Å². The van der Waals surface area contributed by atoms with Crippen LogP contribution >= 0.6 is 0 Å². The van der Waals surface area contributed by atoms with Gasteiger partial charge in [0.05, 0.1) is 55.9 Å². The van der Waals surface area contributed by atoms with Crippen molar-refractivity contribution in [2.75, 3.05) is 73.0 Å². The number of rotatable bonds is 0. The molecule has 0 radical (unpaired) electrons. The van der Waals surface area contributed by atoms with Gasteiger partial charge < -0.3 is 47.4 Å². The lowest BCUT2D eigenvalue weighted by atomic mass is 9.82. The van der Waals surface area contributed by atoms with Gasteiger partial charge in [0.2, 0.25) is 0 Å². The highest BCUT2D eigenvalue weighted by molar-refractivity contribution is 4.92. The molecule has 10 nitrogen and oxygen atoms in total. The van der Waals surface area contributed by atoms with Crippen LogP contribution in [-0.2, 0) is 47.4 Å². The first kappa shape index (κ1) is 153. The van der Waals surface area contributed by atoms with Gasteiger partial charge in [-0.15, -0.1) is 0 Å². The molecule has 0 amide bonds.